The van der Waals surface area contributed by atoms with Gasteiger partial charge in [0.05, 0.1) is 6.61 Å². The summed E-state index contributed by atoms with van der Waals surface area (Å²) in [5, 5.41) is 9.15. The molecule has 1 aromatic carbocycles. The van der Waals surface area contributed by atoms with Crippen LogP contribution < -0.4 is 4.74 Å². The first kappa shape index (κ1) is 14.7. The van der Waals surface area contributed by atoms with Gasteiger partial charge in [0, 0.05) is 0 Å². The van der Waals surface area contributed by atoms with E-state index in [1.165, 1.54) is 12.1 Å². The number of halogens is 5. The van der Waals surface area contributed by atoms with E-state index in [1.54, 1.807) is 6.92 Å². The van der Waals surface area contributed by atoms with Crippen LogP contribution in [0.1, 0.15) is 18.6 Å². The quantitative estimate of drug-likeness (QED) is 0.850. The molecule has 1 aromatic rings. The van der Waals surface area contributed by atoms with Crippen molar-refractivity contribution >= 4 is 0 Å². The normalized spacial score (nSPS) is 14.4. The highest BCUT2D eigenvalue weighted by molar-refractivity contribution is 5.31. The third-order valence-corrected chi connectivity index (χ3v) is 2.21. The number of hydrogen-bond acceptors (Lipinski definition) is 2. The fourth-order valence-electron chi connectivity index (χ4n) is 1.31. The van der Waals surface area contributed by atoms with Crippen molar-refractivity contribution in [2.24, 2.45) is 0 Å². The summed E-state index contributed by atoms with van der Waals surface area (Å²) >= 11 is 0. The van der Waals surface area contributed by atoms with E-state index in [0.717, 1.165) is 12.1 Å². The van der Waals surface area contributed by atoms with E-state index in [0.29, 0.717) is 0 Å². The number of aliphatic hydroxyl groups is 1. The number of rotatable bonds is 4. The minimum atomic E-state index is -5.81. The first-order valence-corrected chi connectivity index (χ1v) is 5.05. The third-order valence-electron chi connectivity index (χ3n) is 2.21. The van der Waals surface area contributed by atoms with Gasteiger partial charge in [-0.15, -0.1) is 0 Å². The zero-order valence-corrected chi connectivity index (χ0v) is 9.34. The molecule has 102 valence electrons. The molecular weight excluding hydrogens is 259 g/mol. The van der Waals surface area contributed by atoms with Gasteiger partial charge in [0.2, 0.25) is 0 Å². The van der Waals surface area contributed by atoms with Gasteiger partial charge in [-0.3, -0.25) is 0 Å². The molecule has 0 saturated heterocycles. The molecule has 18 heavy (non-hydrogen) atoms. The van der Waals surface area contributed by atoms with E-state index >= 15 is 0 Å². The van der Waals surface area contributed by atoms with Gasteiger partial charge >= 0.3 is 12.1 Å². The van der Waals surface area contributed by atoms with Crippen LogP contribution in [0.15, 0.2) is 24.3 Å². The summed E-state index contributed by atoms with van der Waals surface area (Å²) < 4.78 is 67.0. The van der Waals surface area contributed by atoms with Crippen molar-refractivity contribution in [3.8, 4) is 5.75 Å². The molecule has 0 bridgehead atoms. The van der Waals surface area contributed by atoms with Crippen LogP contribution in [0.25, 0.3) is 0 Å². The predicted molar refractivity (Wildman–Crippen MR) is 53.6 cm³/mol. The van der Waals surface area contributed by atoms with Crippen molar-refractivity contribution in [3.05, 3.63) is 29.8 Å². The second kappa shape index (κ2) is 5.09. The largest absolute Gasteiger partial charge is 0.494 e. The molecule has 1 rings (SSSR count). The molecule has 7 heteroatoms. The number of hydrogen-bond donors (Lipinski definition) is 1. The number of alkyl halides is 5. The molecule has 0 radical (unpaired) electrons. The van der Waals surface area contributed by atoms with Gasteiger partial charge < -0.3 is 9.84 Å². The monoisotopic (exact) mass is 270 g/mol. The Kier molecular flexibility index (Phi) is 4.16. The SMILES string of the molecule is CCOc1cccc(C(O)C(F)(F)C(F)(F)F)c1. The number of aliphatic hydroxyl groups excluding tert-OH is 1. The van der Waals surface area contributed by atoms with Gasteiger partial charge in [-0.25, -0.2) is 0 Å². The van der Waals surface area contributed by atoms with Crippen LogP contribution in [0.3, 0.4) is 0 Å². The van der Waals surface area contributed by atoms with Crippen LogP contribution in [0.2, 0.25) is 0 Å². The molecule has 1 unspecified atom stereocenters. The van der Waals surface area contributed by atoms with Crippen molar-refractivity contribution in [1.29, 1.82) is 0 Å². The molecule has 1 N–H and O–H groups in total. The van der Waals surface area contributed by atoms with Crippen LogP contribution >= 0.6 is 0 Å². The summed E-state index contributed by atoms with van der Waals surface area (Å²) in [6.07, 6.45) is -8.77. The summed E-state index contributed by atoms with van der Waals surface area (Å²) in [5.74, 6) is -5.09. The van der Waals surface area contributed by atoms with E-state index in [4.69, 9.17) is 9.84 Å². The lowest BCUT2D eigenvalue weighted by Crippen LogP contribution is -2.42. The molecule has 0 amide bonds. The predicted octanol–water partition coefficient (Wildman–Crippen LogP) is 3.32. The lowest BCUT2D eigenvalue weighted by Gasteiger charge is -2.25. The van der Waals surface area contributed by atoms with Crippen LogP contribution in [-0.4, -0.2) is 23.8 Å². The highest BCUT2D eigenvalue weighted by Gasteiger charge is 2.62. The van der Waals surface area contributed by atoms with E-state index in [1.807, 2.05) is 0 Å². The van der Waals surface area contributed by atoms with E-state index in [2.05, 4.69) is 0 Å². The highest BCUT2D eigenvalue weighted by Crippen LogP contribution is 2.44. The molecule has 0 aliphatic rings. The lowest BCUT2D eigenvalue weighted by atomic mass is 10.0. The maximum Gasteiger partial charge on any atom is 0.456 e. The Morgan fingerprint density at radius 1 is 1.22 bits per heavy atom. The fourth-order valence-corrected chi connectivity index (χ4v) is 1.31. The summed E-state index contributed by atoms with van der Waals surface area (Å²) in [4.78, 5) is 0. The van der Waals surface area contributed by atoms with Gasteiger partial charge in [-0.05, 0) is 24.6 Å². The summed E-state index contributed by atoms with van der Waals surface area (Å²) in [7, 11) is 0. The van der Waals surface area contributed by atoms with E-state index in [-0.39, 0.29) is 12.4 Å². The summed E-state index contributed by atoms with van der Waals surface area (Å²) in [6.45, 7) is 1.86. The Labute approximate surface area is 100.0 Å². The van der Waals surface area contributed by atoms with Gasteiger partial charge in [0.25, 0.3) is 0 Å². The Morgan fingerprint density at radius 3 is 2.33 bits per heavy atom. The van der Waals surface area contributed by atoms with Crippen LogP contribution in [0.5, 0.6) is 5.75 Å². The minimum Gasteiger partial charge on any atom is -0.494 e. The van der Waals surface area contributed by atoms with Gasteiger partial charge in [0.15, 0.2) is 6.10 Å². The van der Waals surface area contributed by atoms with Crippen molar-refractivity contribution < 1.29 is 31.8 Å². The molecule has 0 fully saturated rings. The van der Waals surface area contributed by atoms with Crippen molar-refractivity contribution in [2.45, 2.75) is 25.1 Å². The van der Waals surface area contributed by atoms with Crippen molar-refractivity contribution in [2.75, 3.05) is 6.61 Å². The van der Waals surface area contributed by atoms with Crippen LogP contribution in [-0.2, 0) is 0 Å². The molecule has 2 nitrogen and oxygen atoms in total. The lowest BCUT2D eigenvalue weighted by molar-refractivity contribution is -0.315. The summed E-state index contributed by atoms with van der Waals surface area (Å²) in [5.41, 5.74) is -0.553. The number of ether oxygens (including phenoxy) is 1. The average molecular weight is 270 g/mol. The topological polar surface area (TPSA) is 29.5 Å². The maximum absolute atomic E-state index is 12.9. The molecule has 0 heterocycles. The number of benzene rings is 1. The molecule has 0 aliphatic heterocycles. The Bertz CT molecular complexity index is 403. The fraction of sp³-hybridized carbons (Fsp3) is 0.455. The maximum atomic E-state index is 12.9. The van der Waals surface area contributed by atoms with E-state index in [9.17, 15) is 22.0 Å². The zero-order valence-electron chi connectivity index (χ0n) is 9.34. The minimum absolute atomic E-state index is 0.118. The standard InChI is InChI=1S/C11H11F5O2/c1-2-18-8-5-3-4-7(6-8)9(17)10(12,13)11(14,15)16/h3-6,9,17H,2H2,1H3. The Morgan fingerprint density at radius 2 is 1.83 bits per heavy atom. The smallest absolute Gasteiger partial charge is 0.456 e. The average Bonchev–Trinajstić information content (AvgIpc) is 2.27. The second-order valence-corrected chi connectivity index (χ2v) is 3.53. The van der Waals surface area contributed by atoms with Gasteiger partial charge in [-0.2, -0.15) is 22.0 Å². The summed E-state index contributed by atoms with van der Waals surface area (Å²) in [6, 6.07) is 4.56. The molecule has 0 saturated carbocycles. The van der Waals surface area contributed by atoms with Crippen molar-refractivity contribution in [3.63, 3.8) is 0 Å². The zero-order chi connectivity index (χ0) is 14.0. The van der Waals surface area contributed by atoms with Crippen LogP contribution in [0, 0.1) is 0 Å². The molecule has 1 atom stereocenters. The first-order valence-electron chi connectivity index (χ1n) is 5.05. The molecule has 0 aromatic heterocycles. The van der Waals surface area contributed by atoms with Gasteiger partial charge in [0.1, 0.15) is 5.75 Å². The molecule has 0 aliphatic carbocycles. The van der Waals surface area contributed by atoms with Crippen molar-refractivity contribution in [1.82, 2.24) is 0 Å². The van der Waals surface area contributed by atoms with Gasteiger partial charge in [-0.1, -0.05) is 12.1 Å². The van der Waals surface area contributed by atoms with E-state index < -0.39 is 23.8 Å². The van der Waals surface area contributed by atoms with Crippen LogP contribution in [0.4, 0.5) is 22.0 Å². The third kappa shape index (κ3) is 2.90. The Hall–Kier alpha value is -1.37. The molecule has 0 spiro atoms. The first-order chi connectivity index (χ1) is 8.20. The Balaban J connectivity index is 3.03. The highest BCUT2D eigenvalue weighted by atomic mass is 19.4. The second-order valence-electron chi connectivity index (χ2n) is 3.53. The molecular formula is C11H11F5O2.